The zero-order chi connectivity index (χ0) is 11.6. The minimum absolute atomic E-state index is 0.449. The number of aryl methyl sites for hydroxylation is 1. The molecule has 0 heterocycles. The predicted molar refractivity (Wildman–Crippen MR) is 63.1 cm³/mol. The Bertz CT molecular complexity index is 356. The first kappa shape index (κ1) is 12.9. The molecule has 0 radical (unpaired) electrons. The molecule has 1 nitrogen and oxygen atoms in total. The van der Waals surface area contributed by atoms with Gasteiger partial charge in [-0.05, 0) is 24.6 Å². The molecule has 1 aromatic carbocycles. The molecule has 1 aromatic rings. The van der Waals surface area contributed by atoms with Gasteiger partial charge in [0.2, 0.25) is 0 Å². The van der Waals surface area contributed by atoms with Gasteiger partial charge >= 0.3 is 0 Å². The summed E-state index contributed by atoms with van der Waals surface area (Å²) in [6.45, 7) is 1.88. The van der Waals surface area contributed by atoms with Gasteiger partial charge in [0, 0.05) is 10.0 Å². The summed E-state index contributed by atoms with van der Waals surface area (Å²) in [7, 11) is 1.47. The second-order valence-electron chi connectivity index (χ2n) is 3.08. The summed E-state index contributed by atoms with van der Waals surface area (Å²) in [5.41, 5.74) is 1.40. The monoisotopic (exact) mass is 342 g/mol. The van der Waals surface area contributed by atoms with Gasteiger partial charge in [-0.2, -0.15) is 0 Å². The average molecular weight is 344 g/mol. The largest absolute Gasteiger partial charge is 0.496 e. The van der Waals surface area contributed by atoms with E-state index in [4.69, 9.17) is 4.74 Å². The van der Waals surface area contributed by atoms with Crippen molar-refractivity contribution in [1.82, 2.24) is 0 Å². The second kappa shape index (κ2) is 5.25. The highest BCUT2D eigenvalue weighted by molar-refractivity contribution is 9.10. The maximum atomic E-state index is 12.5. The van der Waals surface area contributed by atoms with Gasteiger partial charge in [-0.3, -0.25) is 0 Å². The fourth-order valence-electron chi connectivity index (χ4n) is 1.20. The molecule has 0 aliphatic carbocycles. The third-order valence-corrected chi connectivity index (χ3v) is 3.78. The van der Waals surface area contributed by atoms with Crippen molar-refractivity contribution in [1.29, 1.82) is 0 Å². The topological polar surface area (TPSA) is 9.23 Å². The number of rotatable bonds is 3. The number of halogens is 4. The lowest BCUT2D eigenvalue weighted by atomic mass is 10.1. The van der Waals surface area contributed by atoms with Crippen LogP contribution in [0.15, 0.2) is 16.6 Å². The van der Waals surface area contributed by atoms with Gasteiger partial charge in [0.1, 0.15) is 10.6 Å². The van der Waals surface area contributed by atoms with Gasteiger partial charge in [-0.15, -0.1) is 0 Å². The van der Waals surface area contributed by atoms with E-state index >= 15 is 0 Å². The van der Waals surface area contributed by atoms with E-state index < -0.39 is 11.3 Å². The fourth-order valence-corrected chi connectivity index (χ4v) is 1.92. The van der Waals surface area contributed by atoms with Crippen molar-refractivity contribution in [3.05, 3.63) is 27.7 Å². The summed E-state index contributed by atoms with van der Waals surface area (Å²) in [6.07, 6.45) is -2.46. The highest BCUT2D eigenvalue weighted by atomic mass is 79.9. The van der Waals surface area contributed by atoms with Crippen LogP contribution in [-0.4, -0.2) is 13.5 Å². The number of alkyl halides is 3. The molecule has 0 amide bonds. The van der Waals surface area contributed by atoms with Gasteiger partial charge in [-0.25, -0.2) is 8.78 Å². The first-order valence-corrected chi connectivity index (χ1v) is 5.94. The van der Waals surface area contributed by atoms with E-state index in [0.717, 1.165) is 10.0 Å². The molecule has 0 aliphatic heterocycles. The van der Waals surface area contributed by atoms with Crippen LogP contribution in [0.4, 0.5) is 8.78 Å². The summed E-state index contributed by atoms with van der Waals surface area (Å²) in [5, 5.41) is 0. The zero-order valence-corrected chi connectivity index (χ0v) is 11.4. The lowest BCUT2D eigenvalue weighted by molar-refractivity contribution is 0.146. The molecule has 0 aromatic heterocycles. The maximum absolute atomic E-state index is 12.5. The van der Waals surface area contributed by atoms with Crippen LogP contribution in [0.5, 0.6) is 5.75 Å². The van der Waals surface area contributed by atoms with E-state index in [1.807, 2.05) is 6.92 Å². The number of hydrogen-bond donors (Lipinski definition) is 0. The van der Waals surface area contributed by atoms with Crippen molar-refractivity contribution in [3.63, 3.8) is 0 Å². The molecular weight excluding hydrogens is 334 g/mol. The Kier molecular flexibility index (Phi) is 4.52. The van der Waals surface area contributed by atoms with Gasteiger partial charge in [0.15, 0.2) is 0 Å². The molecule has 0 saturated heterocycles. The molecule has 15 heavy (non-hydrogen) atoms. The van der Waals surface area contributed by atoms with Crippen molar-refractivity contribution < 1.29 is 13.5 Å². The quantitative estimate of drug-likeness (QED) is 0.736. The Morgan fingerprint density at radius 1 is 1.33 bits per heavy atom. The number of benzene rings is 1. The van der Waals surface area contributed by atoms with Crippen LogP contribution in [0.2, 0.25) is 0 Å². The molecule has 84 valence electrons. The van der Waals surface area contributed by atoms with Crippen LogP contribution in [0, 0.1) is 6.92 Å². The van der Waals surface area contributed by atoms with Crippen molar-refractivity contribution in [2.45, 2.75) is 18.2 Å². The van der Waals surface area contributed by atoms with E-state index in [9.17, 15) is 8.78 Å². The Hall–Kier alpha value is -0.160. The molecule has 0 fully saturated rings. The van der Waals surface area contributed by atoms with Crippen LogP contribution in [-0.2, 0) is 0 Å². The number of hydrogen-bond acceptors (Lipinski definition) is 1. The molecule has 1 atom stereocenters. The van der Waals surface area contributed by atoms with Crippen molar-refractivity contribution in [2.75, 3.05) is 7.11 Å². The molecular formula is C10H10Br2F2O. The Labute approximate surface area is 104 Å². The Morgan fingerprint density at radius 2 is 1.93 bits per heavy atom. The normalized spacial score (nSPS) is 13.0. The number of ether oxygens (including phenoxy) is 1. The summed E-state index contributed by atoms with van der Waals surface area (Å²) in [5.74, 6) is 0.470. The highest BCUT2D eigenvalue weighted by Crippen LogP contribution is 2.38. The maximum Gasteiger partial charge on any atom is 0.255 e. The minimum atomic E-state index is -2.46. The third kappa shape index (κ3) is 2.91. The smallest absolute Gasteiger partial charge is 0.255 e. The lowest BCUT2D eigenvalue weighted by Crippen LogP contribution is -2.04. The van der Waals surface area contributed by atoms with Crippen molar-refractivity contribution >= 4 is 31.9 Å². The molecule has 1 rings (SSSR count). The summed E-state index contributed by atoms with van der Waals surface area (Å²) in [6, 6.07) is 3.38. The lowest BCUT2D eigenvalue weighted by Gasteiger charge is -2.15. The molecule has 0 saturated carbocycles. The van der Waals surface area contributed by atoms with Crippen LogP contribution in [0.25, 0.3) is 0 Å². The molecule has 5 heteroatoms. The first-order chi connectivity index (χ1) is 6.97. The molecule has 0 spiro atoms. The number of methoxy groups -OCH3 is 1. The zero-order valence-electron chi connectivity index (χ0n) is 8.23. The van der Waals surface area contributed by atoms with Gasteiger partial charge in [0.05, 0.1) is 7.11 Å². The second-order valence-corrected chi connectivity index (χ2v) is 4.92. The van der Waals surface area contributed by atoms with E-state index in [2.05, 4.69) is 31.9 Å². The first-order valence-electron chi connectivity index (χ1n) is 4.23. The van der Waals surface area contributed by atoms with E-state index in [0.29, 0.717) is 11.3 Å². The fraction of sp³-hybridized carbons (Fsp3) is 0.400. The van der Waals surface area contributed by atoms with E-state index in [-0.39, 0.29) is 0 Å². The van der Waals surface area contributed by atoms with Crippen molar-refractivity contribution in [2.24, 2.45) is 0 Å². The van der Waals surface area contributed by atoms with Gasteiger partial charge < -0.3 is 4.74 Å². The molecule has 1 unspecified atom stereocenters. The average Bonchev–Trinajstić information content (AvgIpc) is 2.20. The van der Waals surface area contributed by atoms with Gasteiger partial charge in [-0.1, -0.05) is 31.9 Å². The van der Waals surface area contributed by atoms with Gasteiger partial charge in [0.25, 0.3) is 6.43 Å². The van der Waals surface area contributed by atoms with Crippen LogP contribution in [0.1, 0.15) is 16.0 Å². The highest BCUT2D eigenvalue weighted by Gasteiger charge is 2.23. The third-order valence-electron chi connectivity index (χ3n) is 2.03. The van der Waals surface area contributed by atoms with Crippen LogP contribution < -0.4 is 4.74 Å². The summed E-state index contributed by atoms with van der Waals surface area (Å²) >= 11 is 6.26. The van der Waals surface area contributed by atoms with Crippen LogP contribution in [0.3, 0.4) is 0 Å². The van der Waals surface area contributed by atoms with E-state index in [1.54, 1.807) is 12.1 Å². The Morgan fingerprint density at radius 3 is 2.40 bits per heavy atom. The molecule has 0 bridgehead atoms. The standard InChI is InChI=1S/C10H10Br2F2O/c1-5-3-8(15-2)6(4-7(5)11)9(12)10(13)14/h3-4,9-10H,1-2H3. The molecule has 0 aliphatic rings. The SMILES string of the molecule is COc1cc(C)c(Br)cc1C(Br)C(F)F. The summed E-state index contributed by atoms with van der Waals surface area (Å²) in [4.78, 5) is -1.01. The van der Waals surface area contributed by atoms with Crippen molar-refractivity contribution in [3.8, 4) is 5.75 Å². The van der Waals surface area contributed by atoms with Crippen LogP contribution >= 0.6 is 31.9 Å². The Balaban J connectivity index is 3.21. The molecule has 0 N–H and O–H groups in total. The predicted octanol–water partition coefficient (Wildman–Crippen LogP) is 4.47. The summed E-state index contributed by atoms with van der Waals surface area (Å²) < 4.78 is 31.0. The van der Waals surface area contributed by atoms with E-state index in [1.165, 1.54) is 7.11 Å². The minimum Gasteiger partial charge on any atom is -0.496 e.